The van der Waals surface area contributed by atoms with Gasteiger partial charge in [-0.3, -0.25) is 4.79 Å². The molecule has 3 rings (SSSR count). The lowest BCUT2D eigenvalue weighted by molar-refractivity contribution is -0.892. The minimum Gasteiger partial charge on any atom is -0.465 e. The Morgan fingerprint density at radius 1 is 1.15 bits per heavy atom. The average Bonchev–Trinajstić information content (AvgIpc) is 2.73. The molecule has 0 radical (unpaired) electrons. The summed E-state index contributed by atoms with van der Waals surface area (Å²) in [7, 11) is 1.35. The standard InChI is InChI=1S/C19H23N5O3/c1-27-18(26)16-5-3-15(4-6-16)13-22-17(25)14-23-9-11-24(12-10-23)19-20-7-2-8-21-19/h2-8H,9-14H2,1H3,(H,22,25)/p+1. The van der Waals surface area contributed by atoms with Gasteiger partial charge in [-0.25, -0.2) is 14.8 Å². The van der Waals surface area contributed by atoms with Gasteiger partial charge in [0.15, 0.2) is 6.54 Å². The molecule has 0 spiro atoms. The zero-order valence-electron chi connectivity index (χ0n) is 15.4. The Bertz CT molecular complexity index is 759. The van der Waals surface area contributed by atoms with Crippen LogP contribution in [0.5, 0.6) is 0 Å². The lowest BCUT2D eigenvalue weighted by Gasteiger charge is -2.31. The van der Waals surface area contributed by atoms with Crippen molar-refractivity contribution in [2.45, 2.75) is 6.54 Å². The molecular weight excluding hydrogens is 346 g/mol. The lowest BCUT2D eigenvalue weighted by atomic mass is 10.1. The van der Waals surface area contributed by atoms with Crippen molar-refractivity contribution in [1.82, 2.24) is 15.3 Å². The van der Waals surface area contributed by atoms with E-state index in [1.807, 2.05) is 12.1 Å². The lowest BCUT2D eigenvalue weighted by Crippen LogP contribution is -3.16. The fourth-order valence-corrected chi connectivity index (χ4v) is 3.02. The van der Waals surface area contributed by atoms with Crippen LogP contribution in [0.2, 0.25) is 0 Å². The SMILES string of the molecule is COC(=O)c1ccc(CNC(=O)C[NH+]2CCN(c3ncccn3)CC2)cc1. The molecule has 0 unspecified atom stereocenters. The van der Waals surface area contributed by atoms with Crippen molar-refractivity contribution < 1.29 is 19.2 Å². The van der Waals surface area contributed by atoms with Crippen molar-refractivity contribution >= 4 is 17.8 Å². The molecule has 27 heavy (non-hydrogen) atoms. The molecule has 8 nitrogen and oxygen atoms in total. The Balaban J connectivity index is 1.40. The summed E-state index contributed by atoms with van der Waals surface area (Å²) in [4.78, 5) is 35.6. The smallest absolute Gasteiger partial charge is 0.337 e. The number of amides is 1. The topological polar surface area (TPSA) is 88.9 Å². The van der Waals surface area contributed by atoms with E-state index in [9.17, 15) is 9.59 Å². The number of ether oxygens (including phenoxy) is 1. The Hall–Kier alpha value is -3.00. The van der Waals surface area contributed by atoms with Gasteiger partial charge in [-0.1, -0.05) is 12.1 Å². The zero-order chi connectivity index (χ0) is 19.1. The van der Waals surface area contributed by atoms with Crippen molar-refractivity contribution in [3.63, 3.8) is 0 Å². The maximum atomic E-state index is 12.2. The van der Waals surface area contributed by atoms with Crippen LogP contribution in [-0.2, 0) is 16.1 Å². The Kier molecular flexibility index (Phi) is 6.32. The minimum absolute atomic E-state index is 0.0199. The van der Waals surface area contributed by atoms with E-state index >= 15 is 0 Å². The number of benzene rings is 1. The number of aromatic nitrogens is 2. The van der Waals surface area contributed by atoms with E-state index in [1.54, 1.807) is 30.6 Å². The van der Waals surface area contributed by atoms with Gasteiger partial charge in [-0.2, -0.15) is 0 Å². The van der Waals surface area contributed by atoms with E-state index in [4.69, 9.17) is 0 Å². The second-order valence-electron chi connectivity index (χ2n) is 6.43. The van der Waals surface area contributed by atoms with Gasteiger partial charge < -0.3 is 19.9 Å². The quantitative estimate of drug-likeness (QED) is 0.653. The molecule has 2 heterocycles. The third-order valence-electron chi connectivity index (χ3n) is 4.58. The van der Waals surface area contributed by atoms with E-state index < -0.39 is 0 Å². The van der Waals surface area contributed by atoms with Gasteiger partial charge in [0.2, 0.25) is 5.95 Å². The van der Waals surface area contributed by atoms with E-state index in [1.165, 1.54) is 12.0 Å². The Labute approximate surface area is 158 Å². The van der Waals surface area contributed by atoms with Gasteiger partial charge in [-0.15, -0.1) is 0 Å². The number of nitrogens with one attached hydrogen (secondary N) is 2. The largest absolute Gasteiger partial charge is 0.465 e. The maximum absolute atomic E-state index is 12.2. The molecule has 0 bridgehead atoms. The van der Waals surface area contributed by atoms with Gasteiger partial charge in [-0.05, 0) is 23.8 Å². The number of rotatable bonds is 6. The first-order valence-electron chi connectivity index (χ1n) is 8.95. The van der Waals surface area contributed by atoms with E-state index in [0.717, 1.165) is 37.7 Å². The number of esters is 1. The predicted molar refractivity (Wildman–Crippen MR) is 99.4 cm³/mol. The summed E-state index contributed by atoms with van der Waals surface area (Å²) in [6, 6.07) is 8.83. The zero-order valence-corrected chi connectivity index (χ0v) is 15.4. The third-order valence-corrected chi connectivity index (χ3v) is 4.58. The molecule has 1 aliphatic rings. The van der Waals surface area contributed by atoms with Crippen molar-refractivity contribution in [2.24, 2.45) is 0 Å². The number of carbonyl (C=O) groups excluding carboxylic acids is 2. The normalized spacial score (nSPS) is 14.6. The summed E-state index contributed by atoms with van der Waals surface area (Å²) >= 11 is 0. The number of piperazine rings is 1. The number of methoxy groups -OCH3 is 1. The van der Waals surface area contributed by atoms with Crippen LogP contribution in [0, 0.1) is 0 Å². The van der Waals surface area contributed by atoms with E-state index in [0.29, 0.717) is 18.7 Å². The number of hydrogen-bond donors (Lipinski definition) is 2. The van der Waals surface area contributed by atoms with Crippen LogP contribution < -0.4 is 15.1 Å². The maximum Gasteiger partial charge on any atom is 0.337 e. The number of quaternary nitrogens is 1. The molecule has 0 aliphatic carbocycles. The van der Waals surface area contributed by atoms with Crippen molar-refractivity contribution in [3.05, 3.63) is 53.9 Å². The first-order valence-corrected chi connectivity index (χ1v) is 8.95. The Morgan fingerprint density at radius 3 is 2.44 bits per heavy atom. The third kappa shape index (κ3) is 5.24. The van der Waals surface area contributed by atoms with Crippen molar-refractivity contribution in [1.29, 1.82) is 0 Å². The summed E-state index contributed by atoms with van der Waals surface area (Å²) in [5.74, 6) is 0.400. The molecule has 0 atom stereocenters. The van der Waals surface area contributed by atoms with Crippen LogP contribution in [0.1, 0.15) is 15.9 Å². The van der Waals surface area contributed by atoms with Gasteiger partial charge in [0, 0.05) is 18.9 Å². The van der Waals surface area contributed by atoms with Gasteiger partial charge in [0.25, 0.3) is 5.91 Å². The fraction of sp³-hybridized carbons (Fsp3) is 0.368. The van der Waals surface area contributed by atoms with Gasteiger partial charge in [0.1, 0.15) is 0 Å². The molecule has 2 N–H and O–H groups in total. The number of nitrogens with zero attached hydrogens (tertiary/aromatic N) is 3. The number of anilines is 1. The number of hydrogen-bond acceptors (Lipinski definition) is 6. The highest BCUT2D eigenvalue weighted by Gasteiger charge is 2.23. The molecule has 1 saturated heterocycles. The molecular formula is C19H24N5O3+. The van der Waals surface area contributed by atoms with Crippen molar-refractivity contribution in [3.8, 4) is 0 Å². The summed E-state index contributed by atoms with van der Waals surface area (Å²) in [6.07, 6.45) is 3.49. The first-order chi connectivity index (χ1) is 13.2. The second-order valence-corrected chi connectivity index (χ2v) is 6.43. The van der Waals surface area contributed by atoms with Crippen LogP contribution in [0.4, 0.5) is 5.95 Å². The van der Waals surface area contributed by atoms with Gasteiger partial charge >= 0.3 is 5.97 Å². The minimum atomic E-state index is -0.366. The molecule has 1 aromatic heterocycles. The van der Waals surface area contributed by atoms with E-state index in [-0.39, 0.29) is 11.9 Å². The van der Waals surface area contributed by atoms with Crippen LogP contribution in [0.15, 0.2) is 42.7 Å². The van der Waals surface area contributed by atoms with Crippen LogP contribution in [0.25, 0.3) is 0 Å². The molecule has 1 aliphatic heterocycles. The molecule has 1 fully saturated rings. The van der Waals surface area contributed by atoms with Crippen LogP contribution in [-0.4, -0.2) is 61.7 Å². The highest BCUT2D eigenvalue weighted by atomic mass is 16.5. The molecule has 2 aromatic rings. The van der Waals surface area contributed by atoms with Gasteiger partial charge in [0.05, 0.1) is 38.9 Å². The second kappa shape index (κ2) is 9.09. The van der Waals surface area contributed by atoms with Crippen LogP contribution >= 0.6 is 0 Å². The van der Waals surface area contributed by atoms with Crippen LogP contribution in [0.3, 0.4) is 0 Å². The Morgan fingerprint density at radius 2 is 1.81 bits per heavy atom. The molecule has 8 heteroatoms. The number of carbonyl (C=O) groups is 2. The molecule has 142 valence electrons. The summed E-state index contributed by atoms with van der Waals surface area (Å²) in [5.41, 5.74) is 1.44. The van der Waals surface area contributed by atoms with E-state index in [2.05, 4.69) is 24.9 Å². The highest BCUT2D eigenvalue weighted by Crippen LogP contribution is 2.06. The summed E-state index contributed by atoms with van der Waals surface area (Å²) in [5, 5.41) is 2.94. The molecule has 0 saturated carbocycles. The average molecular weight is 370 g/mol. The molecule has 1 amide bonds. The fourth-order valence-electron chi connectivity index (χ4n) is 3.02. The monoisotopic (exact) mass is 370 g/mol. The predicted octanol–water partition coefficient (Wildman–Crippen LogP) is -0.715. The first kappa shape index (κ1) is 18.8. The summed E-state index contributed by atoms with van der Waals surface area (Å²) in [6.45, 7) is 4.31. The van der Waals surface area contributed by atoms with Crippen molar-refractivity contribution in [2.75, 3.05) is 44.7 Å². The highest BCUT2D eigenvalue weighted by molar-refractivity contribution is 5.89. The molecule has 1 aromatic carbocycles. The summed E-state index contributed by atoms with van der Waals surface area (Å²) < 4.78 is 4.67.